The van der Waals surface area contributed by atoms with E-state index in [-0.39, 0.29) is 0 Å². The predicted molar refractivity (Wildman–Crippen MR) is 126 cm³/mol. The first-order valence-corrected chi connectivity index (χ1v) is 12.4. The van der Waals surface area contributed by atoms with Crippen molar-refractivity contribution in [3.05, 3.63) is 29.8 Å². The van der Waals surface area contributed by atoms with Gasteiger partial charge >= 0.3 is 0 Å². The fraction of sp³-hybridized carbons (Fsp3) is 0.769. The lowest BCUT2D eigenvalue weighted by Crippen LogP contribution is -2.09. The minimum Gasteiger partial charge on any atom is -0.143 e. The van der Waals surface area contributed by atoms with Crippen LogP contribution >= 0.6 is 12.6 Å². The summed E-state index contributed by atoms with van der Waals surface area (Å²) in [4.78, 5) is 1.08. The number of hydrogen-bond acceptors (Lipinski definition) is 1. The van der Waals surface area contributed by atoms with Crippen molar-refractivity contribution in [3.63, 3.8) is 0 Å². The van der Waals surface area contributed by atoms with Crippen molar-refractivity contribution >= 4 is 12.6 Å². The van der Waals surface area contributed by atoms with Gasteiger partial charge in [-0.25, -0.2) is 0 Å². The molecular weight excluding hydrogens is 344 g/mol. The van der Waals surface area contributed by atoms with Crippen LogP contribution in [-0.4, -0.2) is 0 Å². The first-order valence-electron chi connectivity index (χ1n) is 12.0. The largest absolute Gasteiger partial charge is 0.143 e. The van der Waals surface area contributed by atoms with Gasteiger partial charge in [0, 0.05) is 4.90 Å². The van der Waals surface area contributed by atoms with E-state index in [0.717, 1.165) is 16.7 Å². The van der Waals surface area contributed by atoms with Crippen LogP contribution in [0.4, 0.5) is 0 Å². The minimum atomic E-state index is 0.864. The van der Waals surface area contributed by atoms with E-state index < -0.39 is 0 Å². The summed E-state index contributed by atoms with van der Waals surface area (Å²) in [5, 5.41) is 0. The molecule has 0 aliphatic heterocycles. The van der Waals surface area contributed by atoms with E-state index in [2.05, 4.69) is 57.7 Å². The third-order valence-corrected chi connectivity index (χ3v) is 6.37. The second kappa shape index (κ2) is 16.5. The van der Waals surface area contributed by atoms with Crippen molar-refractivity contribution in [2.24, 2.45) is 11.8 Å². The lowest BCUT2D eigenvalue weighted by Gasteiger charge is -2.22. The molecule has 0 saturated carbocycles. The zero-order chi connectivity index (χ0) is 19.7. The van der Waals surface area contributed by atoms with Gasteiger partial charge in [0.1, 0.15) is 0 Å². The highest BCUT2D eigenvalue weighted by atomic mass is 32.1. The second-order valence-corrected chi connectivity index (χ2v) is 9.18. The molecule has 0 aliphatic carbocycles. The van der Waals surface area contributed by atoms with Crippen molar-refractivity contribution < 1.29 is 0 Å². The SMILES string of the molecule is CCCCCCC(CCC)CCC(CCCCCC)Cc1ccc(S)cc1. The summed E-state index contributed by atoms with van der Waals surface area (Å²) in [6.07, 6.45) is 21.0. The van der Waals surface area contributed by atoms with E-state index in [4.69, 9.17) is 0 Å². The van der Waals surface area contributed by atoms with E-state index in [1.54, 1.807) is 0 Å². The molecule has 1 aromatic carbocycles. The maximum atomic E-state index is 4.44. The maximum absolute atomic E-state index is 4.44. The molecular formula is C26H46S. The normalized spacial score (nSPS) is 13.6. The highest BCUT2D eigenvalue weighted by Crippen LogP contribution is 2.28. The van der Waals surface area contributed by atoms with Crippen LogP contribution in [0, 0.1) is 11.8 Å². The Bertz CT molecular complexity index is 436. The van der Waals surface area contributed by atoms with Crippen molar-refractivity contribution in [3.8, 4) is 0 Å². The highest BCUT2D eigenvalue weighted by Gasteiger charge is 2.14. The van der Waals surface area contributed by atoms with Gasteiger partial charge in [0.05, 0.1) is 0 Å². The number of thiol groups is 1. The summed E-state index contributed by atoms with van der Waals surface area (Å²) in [7, 11) is 0. The zero-order valence-corrected chi connectivity index (χ0v) is 19.4. The van der Waals surface area contributed by atoms with E-state index >= 15 is 0 Å². The lowest BCUT2D eigenvalue weighted by atomic mass is 9.84. The van der Waals surface area contributed by atoms with Gasteiger partial charge in [0.2, 0.25) is 0 Å². The smallest absolute Gasteiger partial charge is 0.00401 e. The van der Waals surface area contributed by atoms with Gasteiger partial charge in [-0.15, -0.1) is 12.6 Å². The summed E-state index contributed by atoms with van der Waals surface area (Å²) in [6, 6.07) is 8.88. The fourth-order valence-corrected chi connectivity index (χ4v) is 4.50. The molecule has 1 heteroatoms. The van der Waals surface area contributed by atoms with Crippen LogP contribution in [0.25, 0.3) is 0 Å². The Labute approximate surface area is 176 Å². The molecule has 0 bridgehead atoms. The van der Waals surface area contributed by atoms with Crippen LogP contribution < -0.4 is 0 Å². The Morgan fingerprint density at radius 2 is 1.15 bits per heavy atom. The van der Waals surface area contributed by atoms with E-state index in [1.165, 1.54) is 102 Å². The molecule has 0 saturated heterocycles. The first kappa shape index (κ1) is 24.6. The molecule has 0 fully saturated rings. The maximum Gasteiger partial charge on any atom is 0.00401 e. The Hall–Kier alpha value is -0.430. The summed E-state index contributed by atoms with van der Waals surface area (Å²) < 4.78 is 0. The van der Waals surface area contributed by atoms with Crippen LogP contribution in [0.15, 0.2) is 29.2 Å². The number of unbranched alkanes of at least 4 members (excludes halogenated alkanes) is 6. The Morgan fingerprint density at radius 3 is 1.70 bits per heavy atom. The van der Waals surface area contributed by atoms with Gasteiger partial charge in [-0.3, -0.25) is 0 Å². The molecule has 1 aromatic rings. The third-order valence-electron chi connectivity index (χ3n) is 6.07. The Morgan fingerprint density at radius 1 is 0.593 bits per heavy atom. The van der Waals surface area contributed by atoms with E-state index in [0.29, 0.717) is 0 Å². The van der Waals surface area contributed by atoms with E-state index in [1.807, 2.05) is 0 Å². The molecule has 2 atom stereocenters. The predicted octanol–water partition coefficient (Wildman–Crippen LogP) is 9.27. The first-order chi connectivity index (χ1) is 13.2. The topological polar surface area (TPSA) is 0 Å². The molecule has 0 nitrogen and oxygen atoms in total. The fourth-order valence-electron chi connectivity index (χ4n) is 4.35. The molecule has 0 aromatic heterocycles. The van der Waals surface area contributed by atoms with Crippen molar-refractivity contribution in [1.29, 1.82) is 0 Å². The molecule has 0 heterocycles. The average molecular weight is 391 g/mol. The Kier molecular flexibility index (Phi) is 15.1. The summed E-state index contributed by atoms with van der Waals surface area (Å²) >= 11 is 4.44. The number of benzene rings is 1. The van der Waals surface area contributed by atoms with Crippen LogP contribution in [-0.2, 0) is 6.42 Å². The summed E-state index contributed by atoms with van der Waals surface area (Å²) in [5.41, 5.74) is 1.50. The molecule has 0 N–H and O–H groups in total. The monoisotopic (exact) mass is 390 g/mol. The van der Waals surface area contributed by atoms with Gasteiger partial charge in [0.15, 0.2) is 0 Å². The number of rotatable bonds is 17. The van der Waals surface area contributed by atoms with Crippen molar-refractivity contribution in [2.75, 3.05) is 0 Å². The van der Waals surface area contributed by atoms with Crippen LogP contribution in [0.1, 0.15) is 116 Å². The van der Waals surface area contributed by atoms with Gasteiger partial charge in [-0.05, 0) is 42.4 Å². The molecule has 0 amide bonds. The van der Waals surface area contributed by atoms with Crippen LogP contribution in [0.3, 0.4) is 0 Å². The van der Waals surface area contributed by atoms with Gasteiger partial charge in [0.25, 0.3) is 0 Å². The van der Waals surface area contributed by atoms with Gasteiger partial charge < -0.3 is 0 Å². The molecule has 0 aliphatic rings. The Balaban J connectivity index is 2.51. The van der Waals surface area contributed by atoms with E-state index in [9.17, 15) is 0 Å². The molecule has 156 valence electrons. The van der Waals surface area contributed by atoms with Crippen LogP contribution in [0.5, 0.6) is 0 Å². The standard InChI is InChI=1S/C26H46S/c1-4-7-9-11-14-23(13-6-3)16-17-24(15-12-10-8-5-2)22-25-18-20-26(27)21-19-25/h18-21,23-24,27H,4-17,22H2,1-3H3. The molecule has 2 unspecified atom stereocenters. The quantitative estimate of drug-likeness (QED) is 0.199. The van der Waals surface area contributed by atoms with Crippen molar-refractivity contribution in [1.82, 2.24) is 0 Å². The molecule has 0 spiro atoms. The lowest BCUT2D eigenvalue weighted by molar-refractivity contribution is 0.329. The van der Waals surface area contributed by atoms with Gasteiger partial charge in [-0.2, -0.15) is 0 Å². The number of hydrogen-bond donors (Lipinski definition) is 1. The minimum absolute atomic E-state index is 0.864. The zero-order valence-electron chi connectivity index (χ0n) is 18.5. The summed E-state index contributed by atoms with van der Waals surface area (Å²) in [6.45, 7) is 6.98. The van der Waals surface area contributed by atoms with Crippen molar-refractivity contribution in [2.45, 2.75) is 122 Å². The van der Waals surface area contributed by atoms with Crippen LogP contribution in [0.2, 0.25) is 0 Å². The third kappa shape index (κ3) is 12.6. The molecule has 27 heavy (non-hydrogen) atoms. The molecule has 0 radical (unpaired) electrons. The molecule has 1 rings (SSSR count). The summed E-state index contributed by atoms with van der Waals surface area (Å²) in [5.74, 6) is 1.83. The average Bonchev–Trinajstić information content (AvgIpc) is 2.67. The highest BCUT2D eigenvalue weighted by molar-refractivity contribution is 7.80. The van der Waals surface area contributed by atoms with Gasteiger partial charge in [-0.1, -0.05) is 116 Å². The second-order valence-electron chi connectivity index (χ2n) is 8.67.